The van der Waals surface area contributed by atoms with Gasteiger partial charge in [0, 0.05) is 24.5 Å². The lowest BCUT2D eigenvalue weighted by Crippen LogP contribution is -2.02. The van der Waals surface area contributed by atoms with Crippen molar-refractivity contribution < 1.29 is 9.53 Å². The predicted octanol–water partition coefficient (Wildman–Crippen LogP) is 1.57. The number of rotatable bonds is 3. The van der Waals surface area contributed by atoms with Gasteiger partial charge in [-0.05, 0) is 30.7 Å². The normalized spacial score (nSPS) is 10.6. The lowest BCUT2D eigenvalue weighted by atomic mass is 10.2. The summed E-state index contributed by atoms with van der Waals surface area (Å²) < 4.78 is 6.82. The Bertz CT molecular complexity index is 517. The van der Waals surface area contributed by atoms with Crippen molar-refractivity contribution in [2.75, 3.05) is 6.61 Å². The fraction of sp³-hybridized carbons (Fsp3) is 0.250. The van der Waals surface area contributed by atoms with Crippen LogP contribution in [0.15, 0.2) is 30.6 Å². The Morgan fingerprint density at radius 2 is 2.31 bits per heavy atom. The van der Waals surface area contributed by atoms with Crippen LogP contribution in [0.2, 0.25) is 0 Å². The number of aromatic nitrogens is 1. The summed E-state index contributed by atoms with van der Waals surface area (Å²) in [5, 5.41) is 0. The SMILES string of the molecule is CCOC(=O)c1cc2cc(CN)ccn2c1. The van der Waals surface area contributed by atoms with Crippen LogP contribution in [-0.4, -0.2) is 17.0 Å². The molecule has 2 heterocycles. The average molecular weight is 218 g/mol. The van der Waals surface area contributed by atoms with Crippen molar-refractivity contribution in [2.45, 2.75) is 13.5 Å². The molecular weight excluding hydrogens is 204 g/mol. The molecule has 2 aromatic heterocycles. The van der Waals surface area contributed by atoms with E-state index in [1.54, 1.807) is 19.2 Å². The van der Waals surface area contributed by atoms with E-state index in [1.807, 2.05) is 22.7 Å². The van der Waals surface area contributed by atoms with Crippen LogP contribution < -0.4 is 5.73 Å². The zero-order chi connectivity index (χ0) is 11.5. The molecule has 0 bridgehead atoms. The summed E-state index contributed by atoms with van der Waals surface area (Å²) in [4.78, 5) is 11.5. The fourth-order valence-corrected chi connectivity index (χ4v) is 1.61. The van der Waals surface area contributed by atoms with Gasteiger partial charge in [-0.3, -0.25) is 0 Å². The third-order valence-electron chi connectivity index (χ3n) is 2.41. The molecule has 4 heteroatoms. The average Bonchev–Trinajstić information content (AvgIpc) is 2.71. The van der Waals surface area contributed by atoms with E-state index in [9.17, 15) is 4.79 Å². The second-order valence-electron chi connectivity index (χ2n) is 3.52. The Morgan fingerprint density at radius 3 is 3.00 bits per heavy atom. The number of esters is 1. The Morgan fingerprint density at radius 1 is 1.50 bits per heavy atom. The number of pyridine rings is 1. The number of hydrogen-bond donors (Lipinski definition) is 1. The summed E-state index contributed by atoms with van der Waals surface area (Å²) >= 11 is 0. The quantitative estimate of drug-likeness (QED) is 0.796. The van der Waals surface area contributed by atoms with Crippen molar-refractivity contribution in [1.29, 1.82) is 0 Å². The van der Waals surface area contributed by atoms with Crippen LogP contribution in [0.3, 0.4) is 0 Å². The lowest BCUT2D eigenvalue weighted by Gasteiger charge is -1.97. The fourth-order valence-electron chi connectivity index (χ4n) is 1.61. The second kappa shape index (κ2) is 4.37. The van der Waals surface area contributed by atoms with Gasteiger partial charge in [0.25, 0.3) is 0 Å². The van der Waals surface area contributed by atoms with Gasteiger partial charge in [-0.25, -0.2) is 4.79 Å². The third-order valence-corrected chi connectivity index (χ3v) is 2.41. The number of ether oxygens (including phenoxy) is 1. The molecule has 84 valence electrons. The maximum Gasteiger partial charge on any atom is 0.339 e. The molecule has 0 aliphatic carbocycles. The third kappa shape index (κ3) is 1.92. The molecule has 0 aliphatic heterocycles. The van der Waals surface area contributed by atoms with E-state index in [4.69, 9.17) is 10.5 Å². The van der Waals surface area contributed by atoms with Crippen LogP contribution in [0.25, 0.3) is 5.52 Å². The summed E-state index contributed by atoms with van der Waals surface area (Å²) in [6, 6.07) is 5.70. The largest absolute Gasteiger partial charge is 0.462 e. The number of carbonyl (C=O) groups excluding carboxylic acids is 1. The molecule has 0 amide bonds. The summed E-state index contributed by atoms with van der Waals surface area (Å²) in [5.41, 5.74) is 8.11. The highest BCUT2D eigenvalue weighted by Crippen LogP contribution is 2.13. The zero-order valence-electron chi connectivity index (χ0n) is 9.14. The number of nitrogens with zero attached hydrogens (tertiary/aromatic N) is 1. The first kappa shape index (κ1) is 10.7. The molecule has 0 saturated carbocycles. The maximum absolute atomic E-state index is 11.5. The molecule has 2 aromatic rings. The summed E-state index contributed by atoms with van der Waals surface area (Å²) in [6.45, 7) is 2.68. The number of nitrogens with two attached hydrogens (primary N) is 1. The van der Waals surface area contributed by atoms with Gasteiger partial charge in [0.15, 0.2) is 0 Å². The predicted molar refractivity (Wildman–Crippen MR) is 61.2 cm³/mol. The van der Waals surface area contributed by atoms with Crippen molar-refractivity contribution in [2.24, 2.45) is 5.73 Å². The van der Waals surface area contributed by atoms with E-state index in [-0.39, 0.29) is 5.97 Å². The van der Waals surface area contributed by atoms with Crippen LogP contribution in [0, 0.1) is 0 Å². The summed E-state index contributed by atoms with van der Waals surface area (Å²) in [6.07, 6.45) is 3.65. The molecule has 0 aromatic carbocycles. The van der Waals surface area contributed by atoms with E-state index < -0.39 is 0 Å². The van der Waals surface area contributed by atoms with Crippen molar-refractivity contribution in [3.05, 3.63) is 41.7 Å². The Kier molecular flexibility index (Phi) is 2.92. The molecule has 16 heavy (non-hydrogen) atoms. The van der Waals surface area contributed by atoms with Gasteiger partial charge in [0.2, 0.25) is 0 Å². The molecule has 2 N–H and O–H groups in total. The first-order valence-corrected chi connectivity index (χ1v) is 5.22. The van der Waals surface area contributed by atoms with Crippen LogP contribution in [-0.2, 0) is 11.3 Å². The van der Waals surface area contributed by atoms with Gasteiger partial charge in [-0.1, -0.05) is 0 Å². The van der Waals surface area contributed by atoms with Crippen LogP contribution in [0.5, 0.6) is 0 Å². The maximum atomic E-state index is 11.5. The molecule has 0 aliphatic rings. The van der Waals surface area contributed by atoms with Crippen LogP contribution in [0.1, 0.15) is 22.8 Å². The minimum absolute atomic E-state index is 0.291. The van der Waals surface area contributed by atoms with E-state index >= 15 is 0 Å². The van der Waals surface area contributed by atoms with E-state index in [0.717, 1.165) is 11.1 Å². The van der Waals surface area contributed by atoms with E-state index in [2.05, 4.69) is 0 Å². The summed E-state index contributed by atoms with van der Waals surface area (Å²) in [7, 11) is 0. The Balaban J connectivity index is 2.39. The monoisotopic (exact) mass is 218 g/mol. The highest BCUT2D eigenvalue weighted by Gasteiger charge is 2.09. The van der Waals surface area contributed by atoms with Crippen molar-refractivity contribution in [3.63, 3.8) is 0 Å². The molecule has 0 saturated heterocycles. The first-order chi connectivity index (χ1) is 7.74. The van der Waals surface area contributed by atoms with Gasteiger partial charge in [0.1, 0.15) is 0 Å². The number of hydrogen-bond acceptors (Lipinski definition) is 3. The first-order valence-electron chi connectivity index (χ1n) is 5.22. The van der Waals surface area contributed by atoms with Gasteiger partial charge >= 0.3 is 5.97 Å². The van der Waals surface area contributed by atoms with Gasteiger partial charge in [-0.15, -0.1) is 0 Å². The topological polar surface area (TPSA) is 56.7 Å². The number of carbonyl (C=O) groups is 1. The molecule has 0 fully saturated rings. The lowest BCUT2D eigenvalue weighted by molar-refractivity contribution is 0.0526. The second-order valence-corrected chi connectivity index (χ2v) is 3.52. The minimum atomic E-state index is -0.291. The van der Waals surface area contributed by atoms with Crippen LogP contribution in [0.4, 0.5) is 0 Å². The van der Waals surface area contributed by atoms with Crippen molar-refractivity contribution in [3.8, 4) is 0 Å². The molecule has 0 atom stereocenters. The zero-order valence-corrected chi connectivity index (χ0v) is 9.14. The van der Waals surface area contributed by atoms with Gasteiger partial charge in [0.05, 0.1) is 12.2 Å². The standard InChI is InChI=1S/C12H14N2O2/c1-2-16-12(15)10-6-11-5-9(7-13)3-4-14(11)8-10/h3-6,8H,2,7,13H2,1H3. The van der Waals surface area contributed by atoms with Gasteiger partial charge < -0.3 is 14.9 Å². The molecular formula is C12H14N2O2. The summed E-state index contributed by atoms with van der Waals surface area (Å²) in [5.74, 6) is -0.291. The number of fused-ring (bicyclic) bond motifs is 1. The highest BCUT2D eigenvalue weighted by molar-refractivity contribution is 5.91. The van der Waals surface area contributed by atoms with E-state index in [0.29, 0.717) is 18.7 Å². The minimum Gasteiger partial charge on any atom is -0.462 e. The smallest absolute Gasteiger partial charge is 0.339 e. The highest BCUT2D eigenvalue weighted by atomic mass is 16.5. The molecule has 0 radical (unpaired) electrons. The van der Waals surface area contributed by atoms with Crippen molar-refractivity contribution >= 4 is 11.5 Å². The molecule has 4 nitrogen and oxygen atoms in total. The Labute approximate surface area is 93.6 Å². The van der Waals surface area contributed by atoms with Crippen molar-refractivity contribution in [1.82, 2.24) is 4.40 Å². The molecule has 2 rings (SSSR count). The van der Waals surface area contributed by atoms with E-state index in [1.165, 1.54) is 0 Å². The molecule has 0 spiro atoms. The Hall–Kier alpha value is -1.81. The van der Waals surface area contributed by atoms with Gasteiger partial charge in [-0.2, -0.15) is 0 Å². The van der Waals surface area contributed by atoms with Crippen LogP contribution >= 0.6 is 0 Å². The molecule has 0 unspecified atom stereocenters.